The number of nitrogens with one attached hydrogen (secondary N) is 2. The number of amides is 2. The first-order valence-electron chi connectivity index (χ1n) is 9.93. The largest absolute Gasteiger partial charge is 0.349 e. The van der Waals surface area contributed by atoms with Gasteiger partial charge in [0.25, 0.3) is 5.91 Å². The van der Waals surface area contributed by atoms with E-state index in [1.807, 2.05) is 60.0 Å². The average Bonchev–Trinajstić information content (AvgIpc) is 3.25. The molecule has 0 aliphatic rings. The van der Waals surface area contributed by atoms with Crippen molar-refractivity contribution in [3.05, 3.63) is 87.9 Å². The maximum Gasteiger partial charge on any atom is 0.251 e. The SMILES string of the molecule is CC(C)(C)c1ccc(C(=O)NC(Cc2ccccc2)C(=O)NCc2cscn2)cc1. The van der Waals surface area contributed by atoms with Crippen molar-refractivity contribution < 1.29 is 9.59 Å². The van der Waals surface area contributed by atoms with Gasteiger partial charge in [-0.25, -0.2) is 4.98 Å². The minimum Gasteiger partial charge on any atom is -0.349 e. The third-order valence-electron chi connectivity index (χ3n) is 4.84. The molecule has 0 bridgehead atoms. The Hall–Kier alpha value is -2.99. The lowest BCUT2D eigenvalue weighted by Gasteiger charge is -2.20. The Morgan fingerprint density at radius 2 is 1.73 bits per heavy atom. The van der Waals surface area contributed by atoms with Gasteiger partial charge >= 0.3 is 0 Å². The van der Waals surface area contributed by atoms with E-state index in [1.54, 1.807) is 5.51 Å². The second-order valence-corrected chi connectivity index (χ2v) is 8.96. The number of rotatable bonds is 7. The van der Waals surface area contributed by atoms with Crippen molar-refractivity contribution in [2.75, 3.05) is 0 Å². The number of benzene rings is 2. The third kappa shape index (κ3) is 6.00. The van der Waals surface area contributed by atoms with Crippen LogP contribution in [0.1, 0.15) is 48.0 Å². The maximum atomic E-state index is 12.8. The van der Waals surface area contributed by atoms with Gasteiger partial charge in [-0.2, -0.15) is 0 Å². The molecule has 156 valence electrons. The molecule has 3 rings (SSSR count). The molecular weight excluding hydrogens is 394 g/mol. The van der Waals surface area contributed by atoms with E-state index < -0.39 is 6.04 Å². The number of nitrogens with zero attached hydrogens (tertiary/aromatic N) is 1. The van der Waals surface area contributed by atoms with Crippen LogP contribution in [0.25, 0.3) is 0 Å². The molecule has 0 spiro atoms. The highest BCUT2D eigenvalue weighted by atomic mass is 32.1. The molecule has 0 radical (unpaired) electrons. The summed E-state index contributed by atoms with van der Waals surface area (Å²) in [4.78, 5) is 29.9. The molecule has 1 heterocycles. The van der Waals surface area contributed by atoms with E-state index in [0.717, 1.165) is 16.8 Å². The van der Waals surface area contributed by atoms with Gasteiger partial charge in [-0.05, 0) is 28.7 Å². The highest BCUT2D eigenvalue weighted by Crippen LogP contribution is 2.22. The van der Waals surface area contributed by atoms with Crippen LogP contribution in [-0.4, -0.2) is 22.8 Å². The Kier molecular flexibility index (Phi) is 7.00. The molecule has 3 aromatic rings. The summed E-state index contributed by atoms with van der Waals surface area (Å²) in [5.74, 6) is -0.494. The van der Waals surface area contributed by atoms with Crippen LogP contribution in [0.5, 0.6) is 0 Å². The van der Waals surface area contributed by atoms with Crippen LogP contribution in [0.3, 0.4) is 0 Å². The molecule has 2 aromatic carbocycles. The fraction of sp³-hybridized carbons (Fsp3) is 0.292. The molecule has 0 saturated heterocycles. The van der Waals surface area contributed by atoms with Crippen LogP contribution in [-0.2, 0) is 23.2 Å². The molecule has 0 fully saturated rings. The van der Waals surface area contributed by atoms with Crippen LogP contribution in [0.15, 0.2) is 65.5 Å². The average molecular weight is 422 g/mol. The summed E-state index contributed by atoms with van der Waals surface area (Å²) in [6, 6.07) is 16.5. The minimum atomic E-state index is -0.680. The van der Waals surface area contributed by atoms with Gasteiger partial charge in [0, 0.05) is 17.4 Å². The van der Waals surface area contributed by atoms with Crippen LogP contribution >= 0.6 is 11.3 Å². The van der Waals surface area contributed by atoms with E-state index in [9.17, 15) is 9.59 Å². The molecule has 6 heteroatoms. The zero-order valence-corrected chi connectivity index (χ0v) is 18.3. The molecule has 0 aliphatic carbocycles. The first kappa shape index (κ1) is 21.7. The molecule has 1 atom stereocenters. The quantitative estimate of drug-likeness (QED) is 0.603. The predicted octanol–water partition coefficient (Wildman–Crippen LogP) is 4.10. The summed E-state index contributed by atoms with van der Waals surface area (Å²) in [5.41, 5.74) is 5.21. The van der Waals surface area contributed by atoms with Gasteiger partial charge in [-0.1, -0.05) is 63.2 Å². The van der Waals surface area contributed by atoms with Crippen molar-refractivity contribution in [2.45, 2.75) is 45.2 Å². The van der Waals surface area contributed by atoms with Gasteiger partial charge in [0.15, 0.2) is 0 Å². The number of carbonyl (C=O) groups is 2. The molecular formula is C24H27N3O2S. The molecule has 1 aromatic heterocycles. The minimum absolute atomic E-state index is 0.0143. The normalized spacial score (nSPS) is 12.2. The summed E-state index contributed by atoms with van der Waals surface area (Å²) in [7, 11) is 0. The lowest BCUT2D eigenvalue weighted by molar-refractivity contribution is -0.123. The summed E-state index contributed by atoms with van der Waals surface area (Å²) < 4.78 is 0. The van der Waals surface area contributed by atoms with Crippen molar-refractivity contribution >= 4 is 23.2 Å². The Morgan fingerprint density at radius 1 is 1.03 bits per heavy atom. The van der Waals surface area contributed by atoms with Crippen molar-refractivity contribution in [3.8, 4) is 0 Å². The third-order valence-corrected chi connectivity index (χ3v) is 5.48. The second kappa shape index (κ2) is 9.67. The van der Waals surface area contributed by atoms with Gasteiger partial charge in [-0.15, -0.1) is 11.3 Å². The van der Waals surface area contributed by atoms with E-state index >= 15 is 0 Å². The predicted molar refractivity (Wildman–Crippen MR) is 121 cm³/mol. The lowest BCUT2D eigenvalue weighted by atomic mass is 9.86. The monoisotopic (exact) mass is 421 g/mol. The number of hydrogen-bond donors (Lipinski definition) is 2. The molecule has 0 aliphatic heterocycles. The Morgan fingerprint density at radius 3 is 2.33 bits per heavy atom. The van der Waals surface area contributed by atoms with Gasteiger partial charge in [0.2, 0.25) is 5.91 Å². The van der Waals surface area contributed by atoms with Crippen molar-refractivity contribution in [3.63, 3.8) is 0 Å². The first-order valence-corrected chi connectivity index (χ1v) is 10.9. The van der Waals surface area contributed by atoms with E-state index in [-0.39, 0.29) is 17.2 Å². The van der Waals surface area contributed by atoms with E-state index in [2.05, 4.69) is 36.4 Å². The Bertz CT molecular complexity index is 962. The maximum absolute atomic E-state index is 12.8. The molecule has 2 amide bonds. The highest BCUT2D eigenvalue weighted by Gasteiger charge is 2.22. The van der Waals surface area contributed by atoms with Crippen molar-refractivity contribution in [1.82, 2.24) is 15.6 Å². The van der Waals surface area contributed by atoms with Gasteiger partial charge in [0.1, 0.15) is 6.04 Å². The van der Waals surface area contributed by atoms with Crippen molar-refractivity contribution in [1.29, 1.82) is 0 Å². The fourth-order valence-electron chi connectivity index (χ4n) is 3.05. The standard InChI is InChI=1S/C24H27N3O2S/c1-24(2,3)19-11-9-18(10-12-19)22(28)27-21(13-17-7-5-4-6-8-17)23(29)25-14-20-15-30-16-26-20/h4-12,15-16,21H,13-14H2,1-3H3,(H,25,29)(H,27,28). The van der Waals surface area contributed by atoms with E-state index in [1.165, 1.54) is 11.3 Å². The molecule has 1 unspecified atom stereocenters. The zero-order chi connectivity index (χ0) is 21.6. The first-order chi connectivity index (χ1) is 14.3. The van der Waals surface area contributed by atoms with Crippen LogP contribution < -0.4 is 10.6 Å². The summed E-state index contributed by atoms with van der Waals surface area (Å²) in [5, 5.41) is 7.67. The summed E-state index contributed by atoms with van der Waals surface area (Å²) in [6.07, 6.45) is 0.412. The molecule has 2 N–H and O–H groups in total. The topological polar surface area (TPSA) is 71.1 Å². The molecule has 0 saturated carbocycles. The Labute approximate surface area is 181 Å². The summed E-state index contributed by atoms with van der Waals surface area (Å²) in [6.45, 7) is 6.73. The zero-order valence-electron chi connectivity index (χ0n) is 17.5. The smallest absolute Gasteiger partial charge is 0.251 e. The molecule has 30 heavy (non-hydrogen) atoms. The number of hydrogen-bond acceptors (Lipinski definition) is 4. The fourth-order valence-corrected chi connectivity index (χ4v) is 3.61. The lowest BCUT2D eigenvalue weighted by Crippen LogP contribution is -2.47. The van der Waals surface area contributed by atoms with Crippen LogP contribution in [0.2, 0.25) is 0 Å². The van der Waals surface area contributed by atoms with Crippen molar-refractivity contribution in [2.24, 2.45) is 0 Å². The number of aromatic nitrogens is 1. The van der Waals surface area contributed by atoms with Gasteiger partial charge in [0.05, 0.1) is 17.7 Å². The van der Waals surface area contributed by atoms with E-state index in [4.69, 9.17) is 0 Å². The van der Waals surface area contributed by atoms with E-state index in [0.29, 0.717) is 18.5 Å². The number of carbonyl (C=O) groups excluding carboxylic acids is 2. The van der Waals surface area contributed by atoms with Crippen LogP contribution in [0.4, 0.5) is 0 Å². The summed E-state index contributed by atoms with van der Waals surface area (Å²) >= 11 is 1.48. The van der Waals surface area contributed by atoms with Gasteiger partial charge < -0.3 is 10.6 Å². The second-order valence-electron chi connectivity index (χ2n) is 8.24. The van der Waals surface area contributed by atoms with Gasteiger partial charge in [-0.3, -0.25) is 9.59 Å². The number of thiazole rings is 1. The molecule has 5 nitrogen and oxygen atoms in total. The Balaban J connectivity index is 1.72. The van der Waals surface area contributed by atoms with Crippen LogP contribution in [0, 0.1) is 0 Å². The highest BCUT2D eigenvalue weighted by molar-refractivity contribution is 7.07.